The lowest BCUT2D eigenvalue weighted by Crippen LogP contribution is -2.49. The first-order chi connectivity index (χ1) is 12.3. The van der Waals surface area contributed by atoms with Crippen molar-refractivity contribution in [2.24, 2.45) is 0 Å². The number of likely N-dealkylation sites (tertiary alicyclic amines) is 1. The van der Waals surface area contributed by atoms with Crippen molar-refractivity contribution >= 4 is 29.4 Å². The molecule has 7 heteroatoms. The second kappa shape index (κ2) is 9.03. The molecule has 6 nitrogen and oxygen atoms in total. The first kappa shape index (κ1) is 20.2. The van der Waals surface area contributed by atoms with Crippen LogP contribution in [0.15, 0.2) is 24.3 Å². The summed E-state index contributed by atoms with van der Waals surface area (Å²) in [6, 6.07) is 5.96. The van der Waals surface area contributed by atoms with Gasteiger partial charge in [0.1, 0.15) is 6.04 Å². The molecule has 0 saturated carbocycles. The van der Waals surface area contributed by atoms with Gasteiger partial charge in [-0.25, -0.2) is 4.79 Å². The van der Waals surface area contributed by atoms with E-state index < -0.39 is 17.9 Å². The van der Waals surface area contributed by atoms with Crippen LogP contribution < -0.4 is 5.32 Å². The van der Waals surface area contributed by atoms with Crippen LogP contribution in [-0.4, -0.2) is 47.4 Å². The predicted molar refractivity (Wildman–Crippen MR) is 99.0 cm³/mol. The molecule has 1 aromatic carbocycles. The zero-order valence-corrected chi connectivity index (χ0v) is 16.1. The highest BCUT2D eigenvalue weighted by Crippen LogP contribution is 2.22. The molecule has 1 fully saturated rings. The van der Waals surface area contributed by atoms with E-state index in [0.717, 1.165) is 19.3 Å². The minimum Gasteiger partial charge on any atom is -0.454 e. The first-order valence-electron chi connectivity index (χ1n) is 8.84. The van der Waals surface area contributed by atoms with Gasteiger partial charge >= 0.3 is 5.97 Å². The third kappa shape index (κ3) is 4.97. The van der Waals surface area contributed by atoms with Crippen molar-refractivity contribution in [3.05, 3.63) is 34.9 Å². The summed E-state index contributed by atoms with van der Waals surface area (Å²) in [4.78, 5) is 38.4. The van der Waals surface area contributed by atoms with Gasteiger partial charge in [-0.1, -0.05) is 23.7 Å². The molecule has 26 heavy (non-hydrogen) atoms. The Morgan fingerprint density at radius 1 is 1.23 bits per heavy atom. The molecule has 142 valence electrons. The maximum Gasteiger partial charge on any atom is 0.328 e. The minimum atomic E-state index is -0.886. The van der Waals surface area contributed by atoms with Crippen LogP contribution >= 0.6 is 11.6 Å². The number of carbonyl (C=O) groups excluding carboxylic acids is 3. The number of amides is 2. The van der Waals surface area contributed by atoms with Gasteiger partial charge in [0.05, 0.1) is 10.6 Å². The molecular weight excluding hydrogens is 356 g/mol. The Morgan fingerprint density at radius 3 is 2.46 bits per heavy atom. The molecule has 3 unspecified atom stereocenters. The van der Waals surface area contributed by atoms with Crippen LogP contribution in [0, 0.1) is 0 Å². The van der Waals surface area contributed by atoms with Crippen molar-refractivity contribution < 1.29 is 19.1 Å². The number of nitrogens with zero attached hydrogens (tertiary/aromatic N) is 1. The molecule has 2 rings (SSSR count). The number of ether oxygens (including phenoxy) is 1. The third-order valence-corrected chi connectivity index (χ3v) is 4.97. The van der Waals surface area contributed by atoms with Crippen LogP contribution in [0.1, 0.15) is 50.4 Å². The molecule has 0 aromatic heterocycles. The average Bonchev–Trinajstić information content (AvgIpc) is 2.59. The predicted octanol–water partition coefficient (Wildman–Crippen LogP) is 2.79. The van der Waals surface area contributed by atoms with E-state index in [0.29, 0.717) is 5.02 Å². The van der Waals surface area contributed by atoms with E-state index in [4.69, 9.17) is 16.3 Å². The summed E-state index contributed by atoms with van der Waals surface area (Å²) in [5.74, 6) is -1.33. The Bertz CT molecular complexity index is 669. The molecule has 1 aromatic rings. The average molecular weight is 381 g/mol. The fourth-order valence-corrected chi connectivity index (χ4v) is 3.45. The number of piperidine rings is 1. The van der Waals surface area contributed by atoms with Gasteiger partial charge in [-0.2, -0.15) is 0 Å². The molecule has 1 N–H and O–H groups in total. The van der Waals surface area contributed by atoms with Crippen molar-refractivity contribution in [3.8, 4) is 0 Å². The van der Waals surface area contributed by atoms with Crippen molar-refractivity contribution in [3.63, 3.8) is 0 Å². The number of carbonyl (C=O) groups is 3. The van der Waals surface area contributed by atoms with Crippen LogP contribution in [0.5, 0.6) is 0 Å². The highest BCUT2D eigenvalue weighted by Gasteiger charge is 2.30. The van der Waals surface area contributed by atoms with E-state index in [-0.39, 0.29) is 30.2 Å². The molecule has 1 aliphatic heterocycles. The quantitative estimate of drug-likeness (QED) is 0.797. The number of rotatable bonds is 5. The number of nitrogens with one attached hydrogen (secondary N) is 1. The van der Waals surface area contributed by atoms with Gasteiger partial charge in [0.15, 0.2) is 6.61 Å². The Hall–Kier alpha value is -2.08. The summed E-state index contributed by atoms with van der Waals surface area (Å²) in [5.41, 5.74) is 0.279. The summed E-state index contributed by atoms with van der Waals surface area (Å²) in [6.45, 7) is 5.19. The molecular formula is C19H25ClN2O4. The monoisotopic (exact) mass is 380 g/mol. The largest absolute Gasteiger partial charge is 0.454 e. The fourth-order valence-electron chi connectivity index (χ4n) is 3.22. The summed E-state index contributed by atoms with van der Waals surface area (Å²) in [7, 11) is 0. The van der Waals surface area contributed by atoms with Crippen molar-refractivity contribution in [2.45, 2.75) is 58.2 Å². The normalized spacial score (nSPS) is 21.0. The lowest BCUT2D eigenvalue weighted by Gasteiger charge is -2.38. The molecule has 1 aliphatic rings. The SMILES string of the molecule is CC(NC(=O)c1ccccc1Cl)C(=O)OCC(=O)N1C(C)CCCC1C. The lowest BCUT2D eigenvalue weighted by atomic mass is 9.97. The Labute approximate surface area is 158 Å². The number of hydrogen-bond acceptors (Lipinski definition) is 4. The maximum atomic E-state index is 12.4. The van der Waals surface area contributed by atoms with Crippen LogP contribution in [-0.2, 0) is 14.3 Å². The van der Waals surface area contributed by atoms with E-state index in [1.807, 2.05) is 13.8 Å². The van der Waals surface area contributed by atoms with Gasteiger partial charge in [0.25, 0.3) is 11.8 Å². The van der Waals surface area contributed by atoms with Gasteiger partial charge in [-0.3, -0.25) is 9.59 Å². The Kier molecular flexibility index (Phi) is 7.03. The van der Waals surface area contributed by atoms with Gasteiger partial charge < -0.3 is 15.0 Å². The molecule has 1 heterocycles. The molecule has 3 atom stereocenters. The van der Waals surface area contributed by atoms with Crippen molar-refractivity contribution in [1.29, 1.82) is 0 Å². The van der Waals surface area contributed by atoms with Crippen molar-refractivity contribution in [2.75, 3.05) is 6.61 Å². The second-order valence-corrected chi connectivity index (χ2v) is 7.12. The van der Waals surface area contributed by atoms with E-state index in [1.54, 1.807) is 29.2 Å². The number of esters is 1. The molecule has 0 bridgehead atoms. The second-order valence-electron chi connectivity index (χ2n) is 6.71. The van der Waals surface area contributed by atoms with Crippen LogP contribution in [0.25, 0.3) is 0 Å². The standard InChI is InChI=1S/C19H25ClN2O4/c1-12-7-6-8-13(2)22(12)17(23)11-26-19(25)14(3)21-18(24)15-9-4-5-10-16(15)20/h4-5,9-10,12-14H,6-8,11H2,1-3H3,(H,21,24). The van der Waals surface area contributed by atoms with Gasteiger partial charge in [0, 0.05) is 12.1 Å². The number of hydrogen-bond donors (Lipinski definition) is 1. The zero-order valence-electron chi connectivity index (χ0n) is 15.3. The highest BCUT2D eigenvalue weighted by atomic mass is 35.5. The Balaban J connectivity index is 1.86. The molecule has 0 radical (unpaired) electrons. The number of halogens is 1. The summed E-state index contributed by atoms with van der Waals surface area (Å²) in [6.07, 6.45) is 3.00. The summed E-state index contributed by atoms with van der Waals surface area (Å²) >= 11 is 5.97. The van der Waals surface area contributed by atoms with Crippen LogP contribution in [0.4, 0.5) is 0 Å². The molecule has 0 spiro atoms. The fraction of sp³-hybridized carbons (Fsp3) is 0.526. The third-order valence-electron chi connectivity index (χ3n) is 4.64. The Morgan fingerprint density at radius 2 is 1.85 bits per heavy atom. The van der Waals surface area contributed by atoms with Crippen LogP contribution in [0.2, 0.25) is 5.02 Å². The summed E-state index contributed by atoms with van der Waals surface area (Å²) in [5, 5.41) is 2.83. The molecule has 1 saturated heterocycles. The van der Waals surface area contributed by atoms with E-state index in [2.05, 4.69) is 5.32 Å². The first-order valence-corrected chi connectivity index (χ1v) is 9.22. The van der Waals surface area contributed by atoms with Gasteiger partial charge in [-0.05, 0) is 52.2 Å². The van der Waals surface area contributed by atoms with Gasteiger partial charge in [-0.15, -0.1) is 0 Å². The highest BCUT2D eigenvalue weighted by molar-refractivity contribution is 6.33. The number of benzene rings is 1. The van der Waals surface area contributed by atoms with Crippen LogP contribution in [0.3, 0.4) is 0 Å². The van der Waals surface area contributed by atoms with E-state index in [9.17, 15) is 14.4 Å². The minimum absolute atomic E-state index is 0.141. The van der Waals surface area contributed by atoms with Gasteiger partial charge in [0.2, 0.25) is 0 Å². The topological polar surface area (TPSA) is 75.7 Å². The zero-order chi connectivity index (χ0) is 19.3. The maximum absolute atomic E-state index is 12.4. The molecule has 2 amide bonds. The lowest BCUT2D eigenvalue weighted by molar-refractivity contribution is -0.155. The van der Waals surface area contributed by atoms with E-state index in [1.165, 1.54) is 6.92 Å². The van der Waals surface area contributed by atoms with E-state index >= 15 is 0 Å². The smallest absolute Gasteiger partial charge is 0.328 e. The van der Waals surface area contributed by atoms with Crippen molar-refractivity contribution in [1.82, 2.24) is 10.2 Å². The molecule has 0 aliphatic carbocycles. The summed E-state index contributed by atoms with van der Waals surface area (Å²) < 4.78 is 5.10.